The van der Waals surface area contributed by atoms with Gasteiger partial charge in [-0.05, 0) is 50.6 Å². The van der Waals surface area contributed by atoms with Crippen LogP contribution in [-0.4, -0.2) is 44.3 Å². The van der Waals surface area contributed by atoms with E-state index in [0.717, 1.165) is 12.2 Å². The first kappa shape index (κ1) is 23.1. The van der Waals surface area contributed by atoms with Crippen molar-refractivity contribution in [2.45, 2.75) is 33.2 Å². The van der Waals surface area contributed by atoms with Gasteiger partial charge in [-0.1, -0.05) is 25.1 Å². The highest BCUT2D eigenvalue weighted by molar-refractivity contribution is 5.92. The maximum atomic E-state index is 12.3. The molecule has 162 valence electrons. The van der Waals surface area contributed by atoms with Crippen molar-refractivity contribution < 1.29 is 28.5 Å². The second kappa shape index (κ2) is 12.4. The van der Waals surface area contributed by atoms with Crippen LogP contribution in [0.5, 0.6) is 17.2 Å². The van der Waals surface area contributed by atoms with E-state index in [1.54, 1.807) is 18.2 Å². The van der Waals surface area contributed by atoms with Crippen LogP contribution in [0.4, 0.5) is 0 Å². The zero-order valence-corrected chi connectivity index (χ0v) is 17.7. The third-order valence-electron chi connectivity index (χ3n) is 4.19. The molecule has 0 saturated heterocycles. The lowest BCUT2D eigenvalue weighted by Crippen LogP contribution is -2.35. The van der Waals surface area contributed by atoms with E-state index >= 15 is 0 Å². The number of nitrogens with one attached hydrogen (secondary N) is 1. The van der Waals surface area contributed by atoms with Crippen molar-refractivity contribution >= 4 is 11.9 Å². The molecule has 0 spiro atoms. The van der Waals surface area contributed by atoms with Crippen LogP contribution in [0.3, 0.4) is 0 Å². The highest BCUT2D eigenvalue weighted by Crippen LogP contribution is 2.29. The summed E-state index contributed by atoms with van der Waals surface area (Å²) in [6, 6.07) is 14.3. The SMILES string of the molecule is CCOc1cc(C(=O)OCC(=O)NC(C)CC)ccc1OCCOc1ccccc1. The van der Waals surface area contributed by atoms with E-state index in [9.17, 15) is 9.59 Å². The first-order valence-electron chi connectivity index (χ1n) is 10.1. The van der Waals surface area contributed by atoms with Crippen molar-refractivity contribution in [3.8, 4) is 17.2 Å². The summed E-state index contributed by atoms with van der Waals surface area (Å²) in [5.41, 5.74) is 0.280. The molecular weight excluding hydrogens is 386 g/mol. The normalized spacial score (nSPS) is 11.3. The molecule has 0 radical (unpaired) electrons. The molecule has 2 aromatic carbocycles. The van der Waals surface area contributed by atoms with Gasteiger partial charge in [0.05, 0.1) is 12.2 Å². The summed E-state index contributed by atoms with van der Waals surface area (Å²) in [5, 5.41) is 2.74. The van der Waals surface area contributed by atoms with Crippen LogP contribution < -0.4 is 19.5 Å². The van der Waals surface area contributed by atoms with Gasteiger partial charge in [0, 0.05) is 6.04 Å². The minimum Gasteiger partial charge on any atom is -0.490 e. The Bertz CT molecular complexity index is 809. The maximum absolute atomic E-state index is 12.3. The molecular formula is C23H29NO6. The van der Waals surface area contributed by atoms with Crippen LogP contribution >= 0.6 is 0 Å². The monoisotopic (exact) mass is 415 g/mol. The van der Waals surface area contributed by atoms with E-state index in [1.165, 1.54) is 0 Å². The molecule has 7 nitrogen and oxygen atoms in total. The number of hydrogen-bond donors (Lipinski definition) is 1. The summed E-state index contributed by atoms with van der Waals surface area (Å²) in [4.78, 5) is 24.0. The predicted octanol–water partition coefficient (Wildman–Crippen LogP) is 3.61. The average molecular weight is 415 g/mol. The molecule has 1 N–H and O–H groups in total. The van der Waals surface area contributed by atoms with Crippen LogP contribution in [0.2, 0.25) is 0 Å². The minimum atomic E-state index is -0.603. The van der Waals surface area contributed by atoms with Gasteiger partial charge in [-0.2, -0.15) is 0 Å². The van der Waals surface area contributed by atoms with Crippen LogP contribution in [0.15, 0.2) is 48.5 Å². The third-order valence-corrected chi connectivity index (χ3v) is 4.19. The van der Waals surface area contributed by atoms with Crippen molar-refractivity contribution in [3.63, 3.8) is 0 Å². The molecule has 0 saturated carbocycles. The quantitative estimate of drug-likeness (QED) is 0.421. The topological polar surface area (TPSA) is 83.1 Å². The standard InChI is InChI=1S/C23H29NO6/c1-4-17(3)24-22(25)16-30-23(26)18-11-12-20(21(15-18)27-5-2)29-14-13-28-19-9-7-6-8-10-19/h6-12,15,17H,4-5,13-14,16H2,1-3H3,(H,24,25). The van der Waals surface area contributed by atoms with Gasteiger partial charge in [0.25, 0.3) is 5.91 Å². The van der Waals surface area contributed by atoms with Crippen LogP contribution in [0, 0.1) is 0 Å². The molecule has 30 heavy (non-hydrogen) atoms. The molecule has 0 aliphatic heterocycles. The summed E-state index contributed by atoms with van der Waals surface area (Å²) in [7, 11) is 0. The minimum absolute atomic E-state index is 0.0306. The highest BCUT2D eigenvalue weighted by Gasteiger charge is 2.15. The number of benzene rings is 2. The molecule has 0 bridgehead atoms. The fraction of sp³-hybridized carbons (Fsp3) is 0.391. The maximum Gasteiger partial charge on any atom is 0.338 e. The van der Waals surface area contributed by atoms with Gasteiger partial charge in [-0.3, -0.25) is 4.79 Å². The van der Waals surface area contributed by atoms with Crippen molar-refractivity contribution in [3.05, 3.63) is 54.1 Å². The summed E-state index contributed by atoms with van der Waals surface area (Å²) < 4.78 is 22.0. The molecule has 1 amide bonds. The first-order chi connectivity index (χ1) is 14.5. The second-order valence-electron chi connectivity index (χ2n) is 6.56. The van der Waals surface area contributed by atoms with E-state index in [1.807, 2.05) is 51.1 Å². The molecule has 1 atom stereocenters. The van der Waals surface area contributed by atoms with Gasteiger partial charge in [-0.25, -0.2) is 4.79 Å². The number of rotatable bonds is 12. The summed E-state index contributed by atoms with van der Waals surface area (Å²) in [6.45, 7) is 6.45. The fourth-order valence-corrected chi connectivity index (χ4v) is 2.48. The van der Waals surface area contributed by atoms with Gasteiger partial charge < -0.3 is 24.3 Å². The number of carbonyl (C=O) groups is 2. The van der Waals surface area contributed by atoms with Crippen LogP contribution in [0.1, 0.15) is 37.6 Å². The molecule has 0 fully saturated rings. The van der Waals surface area contributed by atoms with Crippen molar-refractivity contribution in [2.75, 3.05) is 26.4 Å². The van der Waals surface area contributed by atoms with E-state index in [-0.39, 0.29) is 24.1 Å². The second-order valence-corrected chi connectivity index (χ2v) is 6.56. The smallest absolute Gasteiger partial charge is 0.338 e. The zero-order chi connectivity index (χ0) is 21.8. The Morgan fingerprint density at radius 3 is 2.37 bits per heavy atom. The number of esters is 1. The molecule has 7 heteroatoms. The molecule has 0 aromatic heterocycles. The average Bonchev–Trinajstić information content (AvgIpc) is 2.76. The van der Waals surface area contributed by atoms with Gasteiger partial charge >= 0.3 is 5.97 Å². The number of ether oxygens (including phenoxy) is 4. The zero-order valence-electron chi connectivity index (χ0n) is 17.7. The molecule has 2 rings (SSSR count). The lowest BCUT2D eigenvalue weighted by Gasteiger charge is -2.14. The first-order valence-corrected chi connectivity index (χ1v) is 10.1. The molecule has 0 heterocycles. The molecule has 2 aromatic rings. The number of amides is 1. The van der Waals surface area contributed by atoms with Gasteiger partial charge in [0.2, 0.25) is 0 Å². The Morgan fingerprint density at radius 2 is 1.67 bits per heavy atom. The predicted molar refractivity (Wildman–Crippen MR) is 113 cm³/mol. The molecule has 0 aliphatic rings. The Kier molecular flexibility index (Phi) is 9.51. The van der Waals surface area contributed by atoms with Gasteiger partial charge in [-0.15, -0.1) is 0 Å². The van der Waals surface area contributed by atoms with E-state index in [4.69, 9.17) is 18.9 Å². The number of hydrogen-bond acceptors (Lipinski definition) is 6. The lowest BCUT2D eigenvalue weighted by molar-refractivity contribution is -0.124. The van der Waals surface area contributed by atoms with Crippen molar-refractivity contribution in [1.82, 2.24) is 5.32 Å². The van der Waals surface area contributed by atoms with Crippen molar-refractivity contribution in [1.29, 1.82) is 0 Å². The van der Waals surface area contributed by atoms with Crippen LogP contribution in [0.25, 0.3) is 0 Å². The van der Waals surface area contributed by atoms with Crippen LogP contribution in [-0.2, 0) is 9.53 Å². The Labute approximate surface area is 177 Å². The summed E-state index contributed by atoms with van der Waals surface area (Å²) >= 11 is 0. The summed E-state index contributed by atoms with van der Waals surface area (Å²) in [5.74, 6) is 0.757. The largest absolute Gasteiger partial charge is 0.490 e. The highest BCUT2D eigenvalue weighted by atomic mass is 16.5. The lowest BCUT2D eigenvalue weighted by atomic mass is 10.2. The van der Waals surface area contributed by atoms with E-state index < -0.39 is 5.97 Å². The van der Waals surface area contributed by atoms with E-state index in [0.29, 0.717) is 31.3 Å². The van der Waals surface area contributed by atoms with E-state index in [2.05, 4.69) is 5.32 Å². The fourth-order valence-electron chi connectivity index (χ4n) is 2.48. The third kappa shape index (κ3) is 7.66. The van der Waals surface area contributed by atoms with Crippen molar-refractivity contribution in [2.24, 2.45) is 0 Å². The number of para-hydroxylation sites is 1. The Hall–Kier alpha value is -3.22. The number of carbonyl (C=O) groups excluding carboxylic acids is 2. The van der Waals surface area contributed by atoms with Gasteiger partial charge in [0.15, 0.2) is 18.1 Å². The van der Waals surface area contributed by atoms with Gasteiger partial charge in [0.1, 0.15) is 19.0 Å². The Morgan fingerprint density at radius 1 is 0.933 bits per heavy atom. The molecule has 1 unspecified atom stereocenters. The molecule has 0 aliphatic carbocycles. The summed E-state index contributed by atoms with van der Waals surface area (Å²) in [6.07, 6.45) is 0.801. The Balaban J connectivity index is 1.89.